The molecule has 0 bridgehead atoms. The van der Waals surface area contributed by atoms with Crippen LogP contribution in [0.5, 0.6) is 0 Å². The van der Waals surface area contributed by atoms with Gasteiger partial charge in [-0.2, -0.15) is 0 Å². The largest absolute Gasteiger partial charge is 0.472 e. The number of ether oxygens (including phenoxy) is 2. The van der Waals surface area contributed by atoms with Gasteiger partial charge in [0.2, 0.25) is 0 Å². The number of fused-ring (bicyclic) bond motifs is 1. The minimum atomic E-state index is -4.17. The Kier molecular flexibility index (Phi) is 9.65. The first-order valence-corrected chi connectivity index (χ1v) is 11.4. The zero-order valence-corrected chi connectivity index (χ0v) is 18.9. The highest BCUT2D eigenvalue weighted by atomic mass is 31.2. The van der Waals surface area contributed by atoms with Crippen molar-refractivity contribution in [3.8, 4) is 0 Å². The molecule has 0 spiro atoms. The second-order valence-electron chi connectivity index (χ2n) is 8.01. The Morgan fingerprint density at radius 3 is 2.57 bits per heavy atom. The van der Waals surface area contributed by atoms with E-state index in [1.165, 1.54) is 0 Å². The second kappa shape index (κ2) is 11.7. The minimum absolute atomic E-state index is 0.117. The van der Waals surface area contributed by atoms with Gasteiger partial charge in [0, 0.05) is 0 Å². The summed E-state index contributed by atoms with van der Waals surface area (Å²) < 4.78 is 34.5. The van der Waals surface area contributed by atoms with Gasteiger partial charge in [-0.15, -0.1) is 6.58 Å². The van der Waals surface area contributed by atoms with Gasteiger partial charge in [0.05, 0.1) is 47.6 Å². The first kappa shape index (κ1) is 24.7. The fourth-order valence-electron chi connectivity index (χ4n) is 2.70. The number of nitrogens with zero attached hydrogens (tertiary/aromatic N) is 1. The zero-order valence-electron chi connectivity index (χ0n) is 18.0. The highest BCUT2D eigenvalue weighted by molar-refractivity contribution is 7.47. The summed E-state index contributed by atoms with van der Waals surface area (Å²) in [4.78, 5) is 9.95. The minimum Gasteiger partial charge on any atom is -0.375 e. The van der Waals surface area contributed by atoms with E-state index in [1.807, 2.05) is 63.6 Å². The third-order valence-electron chi connectivity index (χ3n) is 4.33. The SMILES string of the molecule is C=CCOCC(COP(=O)(O)OCC[N+](C)(C)C)OCc1cccc2ccccc12. The van der Waals surface area contributed by atoms with Crippen molar-refractivity contribution >= 4 is 18.6 Å². The molecule has 2 rings (SSSR count). The number of phosphoric acid groups is 1. The lowest BCUT2D eigenvalue weighted by Crippen LogP contribution is -2.37. The fourth-order valence-corrected chi connectivity index (χ4v) is 3.44. The number of likely N-dealkylation sites (N-methyl/N-ethyl adjacent to an activating group) is 1. The van der Waals surface area contributed by atoms with E-state index in [1.54, 1.807) is 6.08 Å². The molecule has 0 aromatic heterocycles. The Labute approximate surface area is 179 Å². The number of hydrogen-bond acceptors (Lipinski definition) is 5. The highest BCUT2D eigenvalue weighted by Crippen LogP contribution is 2.43. The normalized spacial score (nSPS) is 15.1. The van der Waals surface area contributed by atoms with Crippen LogP contribution in [0, 0.1) is 0 Å². The maximum absolute atomic E-state index is 12.2. The molecule has 0 heterocycles. The monoisotopic (exact) mass is 438 g/mol. The van der Waals surface area contributed by atoms with Gasteiger partial charge in [0.15, 0.2) is 0 Å². The van der Waals surface area contributed by atoms with E-state index >= 15 is 0 Å². The number of rotatable bonds is 14. The molecule has 2 unspecified atom stereocenters. The Bertz CT molecular complexity index is 846. The van der Waals surface area contributed by atoms with E-state index in [4.69, 9.17) is 18.5 Å². The van der Waals surface area contributed by atoms with Crippen molar-refractivity contribution in [2.75, 3.05) is 54.1 Å². The van der Waals surface area contributed by atoms with Gasteiger partial charge < -0.3 is 18.9 Å². The molecule has 0 radical (unpaired) electrons. The first-order valence-electron chi connectivity index (χ1n) is 9.89. The lowest BCUT2D eigenvalue weighted by atomic mass is 10.1. The highest BCUT2D eigenvalue weighted by Gasteiger charge is 2.25. The van der Waals surface area contributed by atoms with Gasteiger partial charge in [-0.3, -0.25) is 9.05 Å². The van der Waals surface area contributed by atoms with E-state index < -0.39 is 13.9 Å². The summed E-state index contributed by atoms with van der Waals surface area (Å²) in [5, 5.41) is 2.22. The molecule has 30 heavy (non-hydrogen) atoms. The third kappa shape index (κ3) is 9.06. The quantitative estimate of drug-likeness (QED) is 0.210. The predicted molar refractivity (Wildman–Crippen MR) is 118 cm³/mol. The molecule has 1 N–H and O–H groups in total. The molecule has 0 saturated heterocycles. The first-order chi connectivity index (χ1) is 14.2. The van der Waals surface area contributed by atoms with Crippen LogP contribution in [0.4, 0.5) is 0 Å². The summed E-state index contributed by atoms with van der Waals surface area (Å²) in [7, 11) is 1.75. The maximum Gasteiger partial charge on any atom is 0.472 e. The van der Waals surface area contributed by atoms with Gasteiger partial charge in [0.1, 0.15) is 19.3 Å². The molecular weight excluding hydrogens is 405 g/mol. The predicted octanol–water partition coefficient (Wildman–Crippen LogP) is 3.77. The fraction of sp³-hybridized carbons (Fsp3) is 0.455. The molecule has 7 nitrogen and oxygen atoms in total. The Hall–Kier alpha value is -1.57. The van der Waals surface area contributed by atoms with Crippen LogP contribution in [-0.2, 0) is 29.7 Å². The van der Waals surface area contributed by atoms with Crippen LogP contribution >= 0.6 is 7.82 Å². The van der Waals surface area contributed by atoms with Crippen molar-refractivity contribution in [2.24, 2.45) is 0 Å². The average molecular weight is 438 g/mol. The molecule has 0 aliphatic rings. The van der Waals surface area contributed by atoms with Crippen molar-refractivity contribution in [1.29, 1.82) is 0 Å². The van der Waals surface area contributed by atoms with Crippen molar-refractivity contribution in [3.63, 3.8) is 0 Å². The van der Waals surface area contributed by atoms with Crippen molar-refractivity contribution in [2.45, 2.75) is 12.7 Å². The number of quaternary nitrogens is 1. The maximum atomic E-state index is 12.2. The molecule has 2 aromatic rings. The van der Waals surface area contributed by atoms with Crippen LogP contribution in [0.25, 0.3) is 10.8 Å². The second-order valence-corrected chi connectivity index (χ2v) is 9.46. The number of phosphoric ester groups is 1. The van der Waals surface area contributed by atoms with Gasteiger partial charge in [-0.1, -0.05) is 48.5 Å². The summed E-state index contributed by atoms with van der Waals surface area (Å²) in [6, 6.07) is 14.1. The summed E-state index contributed by atoms with van der Waals surface area (Å²) >= 11 is 0. The molecular formula is C22H33NO6P+. The third-order valence-corrected chi connectivity index (χ3v) is 5.32. The average Bonchev–Trinajstić information content (AvgIpc) is 2.68. The summed E-state index contributed by atoms with van der Waals surface area (Å²) in [6.07, 6.45) is 1.10. The number of benzene rings is 2. The summed E-state index contributed by atoms with van der Waals surface area (Å²) in [5.74, 6) is 0. The smallest absolute Gasteiger partial charge is 0.375 e. The molecule has 0 amide bonds. The van der Waals surface area contributed by atoms with Crippen molar-refractivity contribution in [1.82, 2.24) is 0 Å². The Balaban J connectivity index is 1.94. The summed E-state index contributed by atoms with van der Waals surface area (Å²) in [6.45, 7) is 5.07. The van der Waals surface area contributed by atoms with Gasteiger partial charge in [-0.25, -0.2) is 4.57 Å². The van der Waals surface area contributed by atoms with Crippen LogP contribution in [0.1, 0.15) is 5.56 Å². The molecule has 0 aliphatic heterocycles. The lowest BCUT2D eigenvalue weighted by molar-refractivity contribution is -0.870. The molecule has 0 fully saturated rings. The van der Waals surface area contributed by atoms with E-state index in [0.29, 0.717) is 24.2 Å². The van der Waals surface area contributed by atoms with Crippen LogP contribution in [0.3, 0.4) is 0 Å². The van der Waals surface area contributed by atoms with E-state index in [-0.39, 0.29) is 19.8 Å². The van der Waals surface area contributed by atoms with Gasteiger partial charge in [-0.05, 0) is 16.3 Å². The van der Waals surface area contributed by atoms with Crippen LogP contribution in [0.15, 0.2) is 55.1 Å². The van der Waals surface area contributed by atoms with Crippen LogP contribution < -0.4 is 0 Å². The molecule has 0 aliphatic carbocycles. The lowest BCUT2D eigenvalue weighted by Gasteiger charge is -2.24. The van der Waals surface area contributed by atoms with E-state index in [9.17, 15) is 9.46 Å². The Morgan fingerprint density at radius 1 is 1.10 bits per heavy atom. The van der Waals surface area contributed by atoms with Gasteiger partial charge >= 0.3 is 7.82 Å². The molecule has 2 atom stereocenters. The topological polar surface area (TPSA) is 74.2 Å². The number of hydrogen-bond donors (Lipinski definition) is 1. The van der Waals surface area contributed by atoms with E-state index in [0.717, 1.165) is 16.3 Å². The van der Waals surface area contributed by atoms with Crippen molar-refractivity contribution in [3.05, 3.63) is 60.7 Å². The van der Waals surface area contributed by atoms with Gasteiger partial charge in [0.25, 0.3) is 0 Å². The zero-order chi connectivity index (χ0) is 22.0. The summed E-state index contributed by atoms with van der Waals surface area (Å²) in [5.41, 5.74) is 1.02. The molecule has 0 saturated carbocycles. The molecule has 2 aromatic carbocycles. The van der Waals surface area contributed by atoms with Crippen LogP contribution in [-0.4, -0.2) is 69.6 Å². The molecule has 8 heteroatoms. The standard InChI is InChI=1S/C22H32NO6P/c1-5-14-26-17-21(18-29-30(24,25)28-15-13-23(2,3)4)27-16-20-11-8-10-19-9-6-7-12-22(19)20/h5-12,21H,1,13-18H2,2-4H3/p+1. The van der Waals surface area contributed by atoms with Crippen molar-refractivity contribution < 1.29 is 32.5 Å². The molecule has 166 valence electrons. The van der Waals surface area contributed by atoms with E-state index in [2.05, 4.69) is 6.58 Å². The van der Waals surface area contributed by atoms with Crippen LogP contribution in [0.2, 0.25) is 0 Å². The Morgan fingerprint density at radius 2 is 1.83 bits per heavy atom.